The first-order chi connectivity index (χ1) is 9.47. The van der Waals surface area contributed by atoms with Crippen LogP contribution in [0.15, 0.2) is 39.2 Å². The number of halogens is 1. The Labute approximate surface area is 121 Å². The van der Waals surface area contributed by atoms with E-state index in [2.05, 4.69) is 15.9 Å². The van der Waals surface area contributed by atoms with E-state index in [9.17, 15) is 20.4 Å². The molecule has 0 bridgehead atoms. The Bertz CT molecular complexity index is 760. The topological polar surface area (TPSA) is 94.1 Å². The molecule has 0 unspecified atom stereocenters. The summed E-state index contributed by atoms with van der Waals surface area (Å²) in [6.45, 7) is 0. The summed E-state index contributed by atoms with van der Waals surface area (Å²) in [5, 5.41) is 38.8. The Morgan fingerprint density at radius 3 is 2.10 bits per heavy atom. The van der Waals surface area contributed by atoms with E-state index in [-0.39, 0.29) is 5.75 Å². The number of furan rings is 1. The molecule has 0 aliphatic rings. The molecule has 0 aliphatic carbocycles. The maximum atomic E-state index is 9.76. The predicted octanol–water partition coefficient (Wildman–Crippen LogP) is 3.68. The second kappa shape index (κ2) is 4.35. The molecule has 2 aromatic carbocycles. The monoisotopic (exact) mass is 336 g/mol. The van der Waals surface area contributed by atoms with Crippen molar-refractivity contribution in [1.29, 1.82) is 0 Å². The first-order valence-electron chi connectivity index (χ1n) is 5.63. The summed E-state index contributed by atoms with van der Waals surface area (Å²) in [4.78, 5) is 0. The van der Waals surface area contributed by atoms with E-state index in [0.717, 1.165) is 4.47 Å². The lowest BCUT2D eigenvalue weighted by Crippen LogP contribution is -1.76. The molecule has 3 aromatic rings. The van der Waals surface area contributed by atoms with E-state index in [0.29, 0.717) is 22.3 Å². The van der Waals surface area contributed by atoms with E-state index in [1.165, 1.54) is 18.2 Å². The number of hydrogen-bond acceptors (Lipinski definition) is 5. The van der Waals surface area contributed by atoms with Gasteiger partial charge in [-0.1, -0.05) is 15.9 Å². The molecule has 6 heteroatoms. The lowest BCUT2D eigenvalue weighted by Gasteiger charge is -2.03. The fourth-order valence-electron chi connectivity index (χ4n) is 1.96. The average Bonchev–Trinajstić information content (AvgIpc) is 2.86. The van der Waals surface area contributed by atoms with E-state index < -0.39 is 17.2 Å². The minimum Gasteiger partial charge on any atom is -0.504 e. The molecule has 0 saturated carbocycles. The maximum absolute atomic E-state index is 9.76. The summed E-state index contributed by atoms with van der Waals surface area (Å²) in [5.41, 5.74) is 0.668. The second-order valence-corrected chi connectivity index (χ2v) is 5.14. The van der Waals surface area contributed by atoms with Gasteiger partial charge in [0.1, 0.15) is 5.76 Å². The van der Waals surface area contributed by atoms with Gasteiger partial charge in [0.05, 0.1) is 0 Å². The van der Waals surface area contributed by atoms with Gasteiger partial charge in [-0.25, -0.2) is 0 Å². The van der Waals surface area contributed by atoms with Crippen molar-refractivity contribution in [2.24, 2.45) is 0 Å². The molecule has 5 nitrogen and oxygen atoms in total. The number of phenols is 4. The predicted molar refractivity (Wildman–Crippen MR) is 76.0 cm³/mol. The minimum absolute atomic E-state index is 0.0123. The zero-order valence-electron chi connectivity index (χ0n) is 9.96. The Morgan fingerprint density at radius 2 is 1.50 bits per heavy atom. The Balaban J connectivity index is 2.25. The molecule has 102 valence electrons. The lowest BCUT2D eigenvalue weighted by atomic mass is 10.1. The van der Waals surface area contributed by atoms with Crippen molar-refractivity contribution in [2.45, 2.75) is 0 Å². The van der Waals surface area contributed by atoms with Crippen LogP contribution in [0.25, 0.3) is 22.3 Å². The third kappa shape index (κ3) is 1.85. The smallest absolute Gasteiger partial charge is 0.200 e. The quantitative estimate of drug-likeness (QED) is 0.508. The molecule has 20 heavy (non-hydrogen) atoms. The van der Waals surface area contributed by atoms with Gasteiger partial charge in [-0.3, -0.25) is 0 Å². The van der Waals surface area contributed by atoms with Crippen LogP contribution in [0.1, 0.15) is 0 Å². The van der Waals surface area contributed by atoms with Gasteiger partial charge in [0.15, 0.2) is 28.6 Å². The van der Waals surface area contributed by atoms with Crippen molar-refractivity contribution >= 4 is 26.9 Å². The number of rotatable bonds is 1. The molecule has 4 N–H and O–H groups in total. The summed E-state index contributed by atoms with van der Waals surface area (Å²) in [6, 6.07) is 7.36. The van der Waals surface area contributed by atoms with E-state index >= 15 is 0 Å². The van der Waals surface area contributed by atoms with Crippen LogP contribution in [-0.4, -0.2) is 20.4 Å². The Kier molecular flexibility index (Phi) is 2.76. The van der Waals surface area contributed by atoms with Crippen LogP contribution in [0.3, 0.4) is 0 Å². The molecule has 0 saturated heterocycles. The van der Waals surface area contributed by atoms with Crippen LogP contribution < -0.4 is 0 Å². The van der Waals surface area contributed by atoms with Gasteiger partial charge in [0, 0.05) is 15.4 Å². The van der Waals surface area contributed by atoms with Gasteiger partial charge in [-0.15, -0.1) is 0 Å². The average molecular weight is 337 g/mol. The summed E-state index contributed by atoms with van der Waals surface area (Å²) < 4.78 is 6.27. The summed E-state index contributed by atoms with van der Waals surface area (Å²) in [7, 11) is 0. The highest BCUT2D eigenvalue weighted by molar-refractivity contribution is 9.10. The summed E-state index contributed by atoms with van der Waals surface area (Å²) >= 11 is 3.35. The van der Waals surface area contributed by atoms with Crippen molar-refractivity contribution < 1.29 is 24.8 Å². The van der Waals surface area contributed by atoms with Crippen LogP contribution >= 0.6 is 15.9 Å². The molecular weight excluding hydrogens is 328 g/mol. The molecule has 0 amide bonds. The van der Waals surface area contributed by atoms with Crippen LogP contribution in [0.2, 0.25) is 0 Å². The number of phenolic OH excluding ortho intramolecular Hbond substituents is 4. The number of hydrogen-bond donors (Lipinski definition) is 4. The highest BCUT2D eigenvalue weighted by Gasteiger charge is 2.15. The number of aromatic hydroxyl groups is 4. The van der Waals surface area contributed by atoms with Crippen LogP contribution in [0.5, 0.6) is 23.0 Å². The van der Waals surface area contributed by atoms with Crippen LogP contribution in [0.4, 0.5) is 0 Å². The van der Waals surface area contributed by atoms with Gasteiger partial charge < -0.3 is 24.8 Å². The van der Waals surface area contributed by atoms with Gasteiger partial charge in [-0.2, -0.15) is 0 Å². The van der Waals surface area contributed by atoms with Gasteiger partial charge in [0.25, 0.3) is 0 Å². The van der Waals surface area contributed by atoms with Crippen molar-refractivity contribution in [2.75, 3.05) is 0 Å². The highest BCUT2D eigenvalue weighted by Crippen LogP contribution is 2.42. The number of benzene rings is 2. The lowest BCUT2D eigenvalue weighted by molar-refractivity contribution is 0.368. The second-order valence-electron chi connectivity index (χ2n) is 4.28. The van der Waals surface area contributed by atoms with Crippen molar-refractivity contribution in [3.63, 3.8) is 0 Å². The van der Waals surface area contributed by atoms with Gasteiger partial charge in [0.2, 0.25) is 0 Å². The zero-order valence-corrected chi connectivity index (χ0v) is 11.5. The van der Waals surface area contributed by atoms with Gasteiger partial charge in [-0.05, 0) is 30.3 Å². The fourth-order valence-corrected chi connectivity index (χ4v) is 2.39. The molecule has 0 fully saturated rings. The van der Waals surface area contributed by atoms with Crippen LogP contribution in [0, 0.1) is 0 Å². The zero-order chi connectivity index (χ0) is 14.4. The third-order valence-electron chi connectivity index (χ3n) is 2.96. The SMILES string of the molecule is Oc1cc(-c2cc3c(Br)ccc(O)c3o2)cc(O)c1O. The summed E-state index contributed by atoms with van der Waals surface area (Å²) in [5.74, 6) is -1.17. The fraction of sp³-hybridized carbons (Fsp3) is 0. The van der Waals surface area contributed by atoms with Crippen LogP contribution in [-0.2, 0) is 0 Å². The minimum atomic E-state index is -0.589. The maximum Gasteiger partial charge on any atom is 0.200 e. The Hall–Kier alpha value is -2.34. The van der Waals surface area contributed by atoms with Crippen molar-refractivity contribution in [3.05, 3.63) is 34.8 Å². The van der Waals surface area contributed by atoms with E-state index in [4.69, 9.17) is 4.42 Å². The standard InChI is InChI=1S/C14H9BrO5/c15-8-1-2-9(16)14-7(8)5-12(20-14)6-3-10(17)13(19)11(18)4-6/h1-5,16-19H. The summed E-state index contributed by atoms with van der Waals surface area (Å²) in [6.07, 6.45) is 0. The first-order valence-corrected chi connectivity index (χ1v) is 6.43. The highest BCUT2D eigenvalue weighted by atomic mass is 79.9. The van der Waals surface area contributed by atoms with Crippen molar-refractivity contribution in [1.82, 2.24) is 0 Å². The normalized spacial score (nSPS) is 11.1. The molecule has 3 rings (SSSR count). The molecule has 1 heterocycles. The molecule has 0 aliphatic heterocycles. The molecule has 0 spiro atoms. The van der Waals surface area contributed by atoms with Crippen molar-refractivity contribution in [3.8, 4) is 34.3 Å². The van der Waals surface area contributed by atoms with Gasteiger partial charge >= 0.3 is 0 Å². The molecule has 0 atom stereocenters. The van der Waals surface area contributed by atoms with E-state index in [1.807, 2.05) is 0 Å². The molecule has 0 radical (unpaired) electrons. The molecule has 1 aromatic heterocycles. The van der Waals surface area contributed by atoms with E-state index in [1.54, 1.807) is 12.1 Å². The first kappa shape index (κ1) is 12.7. The largest absolute Gasteiger partial charge is 0.504 e. The number of fused-ring (bicyclic) bond motifs is 1. The molecular formula is C14H9BrO5. The third-order valence-corrected chi connectivity index (χ3v) is 3.66. The Morgan fingerprint density at radius 1 is 0.850 bits per heavy atom.